The van der Waals surface area contributed by atoms with Gasteiger partial charge in [0.15, 0.2) is 5.03 Å². The smallest absolute Gasteiger partial charge is 0.343 e. The third kappa shape index (κ3) is 15.2. The molecule has 2 aliphatic carbocycles. The molecule has 2 fully saturated rings. The van der Waals surface area contributed by atoms with Crippen molar-refractivity contribution in [3.8, 4) is 23.0 Å². The van der Waals surface area contributed by atoms with Crippen LogP contribution in [0.15, 0.2) is 121 Å². The Kier molecular flexibility index (Phi) is 19.6. The highest BCUT2D eigenvalue weighted by Crippen LogP contribution is 2.50. The number of fused-ring (bicyclic) bond motifs is 2. The van der Waals surface area contributed by atoms with Gasteiger partial charge in [-0.15, -0.1) is 0 Å². The largest absolute Gasteiger partial charge is 0.507 e. The molecule has 0 saturated heterocycles. The van der Waals surface area contributed by atoms with Crippen molar-refractivity contribution < 1.29 is 65.4 Å². The Morgan fingerprint density at radius 1 is 0.636 bits per heavy atom. The van der Waals surface area contributed by atoms with Crippen LogP contribution in [0.1, 0.15) is 59.8 Å². The molecule has 0 bridgehead atoms. The first-order valence-electron chi connectivity index (χ1n) is 25.4. The zero-order valence-electron chi connectivity index (χ0n) is 43.4. The molecule has 2 unspecified atom stereocenters. The summed E-state index contributed by atoms with van der Waals surface area (Å²) in [5.41, 5.74) is 8.22. The van der Waals surface area contributed by atoms with Crippen molar-refractivity contribution in [3.63, 3.8) is 0 Å². The quantitative estimate of drug-likeness (QED) is 0.0203. The maximum absolute atomic E-state index is 13.3. The summed E-state index contributed by atoms with van der Waals surface area (Å²) in [6.45, 7) is 5.32. The first-order valence-corrected chi connectivity index (χ1v) is 26.9. The molecule has 412 valence electrons. The minimum Gasteiger partial charge on any atom is -0.507 e. The van der Waals surface area contributed by atoms with Crippen LogP contribution in [0.2, 0.25) is 0 Å². The van der Waals surface area contributed by atoms with Gasteiger partial charge in [-0.1, -0.05) is 24.3 Å². The number of imidazole rings is 1. The van der Waals surface area contributed by atoms with Crippen molar-refractivity contribution in [2.24, 2.45) is 18.9 Å². The number of aromatic hydroxyl groups is 2. The van der Waals surface area contributed by atoms with E-state index in [2.05, 4.69) is 9.71 Å². The monoisotopic (exact) mass is 1080 g/mol. The molecule has 7 aromatic rings. The van der Waals surface area contributed by atoms with E-state index in [0.717, 1.165) is 31.2 Å². The van der Waals surface area contributed by atoms with Crippen LogP contribution >= 0.6 is 0 Å². The molecule has 3 heterocycles. The molecule has 0 spiro atoms. The van der Waals surface area contributed by atoms with Gasteiger partial charge < -0.3 is 67.2 Å². The fourth-order valence-electron chi connectivity index (χ4n) is 8.94. The van der Waals surface area contributed by atoms with Crippen molar-refractivity contribution in [1.29, 1.82) is 0 Å². The van der Waals surface area contributed by atoms with Gasteiger partial charge >= 0.3 is 11.3 Å². The van der Waals surface area contributed by atoms with E-state index >= 15 is 0 Å². The molecule has 5 N–H and O–H groups in total. The van der Waals surface area contributed by atoms with E-state index < -0.39 is 27.2 Å². The van der Waals surface area contributed by atoms with Gasteiger partial charge in [-0.25, -0.2) is 14.6 Å². The topological polar surface area (TPSA) is 265 Å². The van der Waals surface area contributed by atoms with Gasteiger partial charge in [0.05, 0.1) is 94.3 Å². The van der Waals surface area contributed by atoms with Crippen LogP contribution < -0.4 is 31.2 Å². The second-order valence-electron chi connectivity index (χ2n) is 18.7. The summed E-state index contributed by atoms with van der Waals surface area (Å²) < 4.78 is 83.9. The number of anilines is 2. The van der Waals surface area contributed by atoms with Crippen LogP contribution in [0, 0.1) is 11.8 Å². The number of aromatic nitrogens is 2. The molecule has 3 aromatic heterocycles. The minimum atomic E-state index is -3.91. The maximum Gasteiger partial charge on any atom is 0.343 e. The molecule has 21 heteroatoms. The predicted molar refractivity (Wildman–Crippen MR) is 287 cm³/mol. The first-order chi connectivity index (χ1) is 37.3. The SMILES string of the molecule is COCCOCCOCCOc1ccc2c(O)c(C(c3cccc(N)c3)C3CC3)c(=O)oc2c1.COCCOCCOCCOc1ccc2c(O)c(C(c3cccc(NS(=O)(=O)c4cn(C)cn4)c3)C3CC3)c(=O)oc2c1. The van der Waals surface area contributed by atoms with E-state index in [1.165, 1.54) is 12.5 Å². The molecule has 2 saturated carbocycles. The highest BCUT2D eigenvalue weighted by molar-refractivity contribution is 7.92. The third-order valence-corrected chi connectivity index (χ3v) is 14.2. The summed E-state index contributed by atoms with van der Waals surface area (Å²) in [6.07, 6.45) is 6.52. The lowest BCUT2D eigenvalue weighted by Crippen LogP contribution is -2.17. The Hall–Kier alpha value is -6.98. The van der Waals surface area contributed by atoms with E-state index in [9.17, 15) is 28.2 Å². The summed E-state index contributed by atoms with van der Waals surface area (Å²) in [5.74, 6) is 0.428. The van der Waals surface area contributed by atoms with Crippen molar-refractivity contribution in [1.82, 2.24) is 9.55 Å². The average molecular weight is 1080 g/mol. The van der Waals surface area contributed by atoms with Gasteiger partial charge in [0.2, 0.25) is 0 Å². The molecule has 4 aromatic carbocycles. The lowest BCUT2D eigenvalue weighted by Gasteiger charge is -2.19. The van der Waals surface area contributed by atoms with Gasteiger partial charge in [0, 0.05) is 62.8 Å². The number of methoxy groups -OCH3 is 2. The Balaban J connectivity index is 0.000000209. The number of nitrogens with two attached hydrogens (primary N) is 1. The van der Waals surface area contributed by atoms with Crippen LogP contribution in [0.3, 0.4) is 0 Å². The van der Waals surface area contributed by atoms with Crippen LogP contribution in [0.4, 0.5) is 11.4 Å². The normalized spacial score (nSPS) is 14.3. The molecular formula is C56H66N4O16S. The third-order valence-electron chi connectivity index (χ3n) is 12.9. The van der Waals surface area contributed by atoms with Crippen molar-refractivity contribution in [2.75, 3.05) is 104 Å². The zero-order valence-corrected chi connectivity index (χ0v) is 44.2. The Morgan fingerprint density at radius 3 is 1.53 bits per heavy atom. The number of aryl methyl sites for hydroxylation is 1. The molecule has 0 amide bonds. The van der Waals surface area contributed by atoms with Crippen LogP contribution in [-0.4, -0.2) is 122 Å². The number of benzene rings is 4. The number of hydrogen-bond donors (Lipinski definition) is 4. The van der Waals surface area contributed by atoms with E-state index in [4.69, 9.17) is 52.5 Å². The number of hydrogen-bond acceptors (Lipinski definition) is 18. The van der Waals surface area contributed by atoms with Crippen molar-refractivity contribution >= 4 is 43.3 Å². The van der Waals surface area contributed by atoms with E-state index in [1.54, 1.807) is 86.5 Å². The first kappa shape index (κ1) is 56.2. The van der Waals surface area contributed by atoms with Gasteiger partial charge in [0.1, 0.15) is 47.4 Å². The molecule has 2 aliphatic rings. The highest BCUT2D eigenvalue weighted by atomic mass is 32.2. The maximum atomic E-state index is 13.3. The summed E-state index contributed by atoms with van der Waals surface area (Å²) >= 11 is 0. The number of ether oxygens (including phenoxy) is 8. The Morgan fingerprint density at radius 2 is 1.09 bits per heavy atom. The zero-order chi connectivity index (χ0) is 54.3. The average Bonchev–Trinajstić information content (AvgIpc) is 4.39. The van der Waals surface area contributed by atoms with Crippen LogP contribution in [-0.2, 0) is 45.5 Å². The van der Waals surface area contributed by atoms with Crippen molar-refractivity contribution in [3.05, 3.63) is 141 Å². The van der Waals surface area contributed by atoms with Crippen molar-refractivity contribution in [2.45, 2.75) is 42.5 Å². The highest BCUT2D eigenvalue weighted by Gasteiger charge is 2.39. The van der Waals surface area contributed by atoms with Crippen LogP contribution in [0.25, 0.3) is 21.9 Å². The Labute approximate surface area is 445 Å². The fraction of sp³-hybridized carbons (Fsp3) is 0.411. The second-order valence-corrected chi connectivity index (χ2v) is 20.3. The fourth-order valence-corrected chi connectivity index (χ4v) is 9.98. The standard InChI is InChI=1S/C30H35N3O9S.C26H31NO7/c1-33-18-26(31-19-33)43(36,37)32-22-5-3-4-21(16-22)27(20-6-7-20)28-29(34)24-9-8-23(17-25(24)42-30(28)35)41-15-14-40-13-12-39-11-10-38-2;1-30-9-10-31-11-12-32-13-14-33-20-7-8-21-22(16-20)34-26(29)24(25(21)28)23(17-5-6-17)18-3-2-4-19(27)15-18/h3-5,8-9,16-20,27,32,34H,6-7,10-15H2,1-2H3;2-4,7-8,15-17,23,28H,5-6,9-14,27H2,1H3. The summed E-state index contributed by atoms with van der Waals surface area (Å²) in [6, 6.07) is 24.3. The molecule has 0 aliphatic heterocycles. The van der Waals surface area contributed by atoms with E-state index in [1.807, 2.05) is 24.3 Å². The molecule has 9 rings (SSSR count). The van der Waals surface area contributed by atoms with Gasteiger partial charge in [-0.2, -0.15) is 8.42 Å². The minimum absolute atomic E-state index is 0.0473. The van der Waals surface area contributed by atoms with E-state index in [0.29, 0.717) is 112 Å². The lowest BCUT2D eigenvalue weighted by atomic mass is 9.86. The van der Waals surface area contributed by atoms with Gasteiger partial charge in [-0.3, -0.25) is 4.72 Å². The molecule has 0 radical (unpaired) electrons. The molecule has 2 atom stereocenters. The number of sulfonamides is 1. The summed E-state index contributed by atoms with van der Waals surface area (Å²) in [5, 5.41) is 23.1. The second kappa shape index (κ2) is 26.9. The summed E-state index contributed by atoms with van der Waals surface area (Å²) in [7, 11) is 1.01. The predicted octanol–water partition coefficient (Wildman–Crippen LogP) is 7.31. The summed E-state index contributed by atoms with van der Waals surface area (Å²) in [4.78, 5) is 30.2. The number of rotatable bonds is 29. The number of nitrogen functional groups attached to an aromatic ring is 1. The Bertz CT molecular complexity index is 3300. The lowest BCUT2D eigenvalue weighted by molar-refractivity contribution is 0.0180. The number of nitrogens with zero attached hydrogens (tertiary/aromatic N) is 2. The van der Waals surface area contributed by atoms with Gasteiger partial charge in [0.25, 0.3) is 10.0 Å². The van der Waals surface area contributed by atoms with Gasteiger partial charge in [-0.05, 0) is 97.2 Å². The molecule has 20 nitrogen and oxygen atoms in total. The molecule has 77 heavy (non-hydrogen) atoms. The van der Waals surface area contributed by atoms with E-state index in [-0.39, 0.29) is 63.2 Å². The number of nitrogens with one attached hydrogen (secondary N) is 1. The van der Waals surface area contributed by atoms with Crippen LogP contribution in [0.5, 0.6) is 23.0 Å². The molecular weight excluding hydrogens is 1020 g/mol.